The summed E-state index contributed by atoms with van der Waals surface area (Å²) in [6.45, 7) is 4.47. The molecule has 0 aliphatic carbocycles. The number of aromatic amines is 1. The second kappa shape index (κ2) is 7.84. The first-order valence-electron chi connectivity index (χ1n) is 9.57. The summed E-state index contributed by atoms with van der Waals surface area (Å²) in [6.07, 6.45) is 1.21. The summed E-state index contributed by atoms with van der Waals surface area (Å²) in [7, 11) is 3.95. The standard InChI is InChI=1S/C20H28N6O3/c1-20(2)18(28)26(19(29)23-20)10-7-12-5-6-15-14(11-12)13(8-9-25(3)4)16(22-15)17(27)24-21/h5-6,11,22H,7-10,21H2,1-4H3,(H,23,29)(H,24,27). The van der Waals surface area contributed by atoms with Crippen molar-refractivity contribution in [2.45, 2.75) is 32.2 Å². The number of nitrogens with one attached hydrogen (secondary N) is 3. The first-order valence-corrected chi connectivity index (χ1v) is 9.57. The summed E-state index contributed by atoms with van der Waals surface area (Å²) in [5.74, 6) is 4.75. The summed E-state index contributed by atoms with van der Waals surface area (Å²) < 4.78 is 0. The third kappa shape index (κ3) is 4.10. The van der Waals surface area contributed by atoms with Crippen LogP contribution in [-0.2, 0) is 17.6 Å². The summed E-state index contributed by atoms with van der Waals surface area (Å²) in [6, 6.07) is 5.49. The zero-order valence-electron chi connectivity index (χ0n) is 17.3. The lowest BCUT2D eigenvalue weighted by atomic mass is 10.0. The van der Waals surface area contributed by atoms with Crippen LogP contribution in [0, 0.1) is 0 Å². The summed E-state index contributed by atoms with van der Waals surface area (Å²) in [5, 5.41) is 3.63. The smallest absolute Gasteiger partial charge is 0.325 e. The third-order valence-corrected chi connectivity index (χ3v) is 5.21. The second-order valence-corrected chi connectivity index (χ2v) is 8.15. The number of nitrogens with zero attached hydrogens (tertiary/aromatic N) is 2. The molecule has 5 N–H and O–H groups in total. The Balaban J connectivity index is 1.86. The number of amides is 4. The number of imide groups is 1. The van der Waals surface area contributed by atoms with E-state index in [1.54, 1.807) is 13.8 Å². The average Bonchev–Trinajstić information content (AvgIpc) is 3.11. The van der Waals surface area contributed by atoms with Crippen molar-refractivity contribution in [3.05, 3.63) is 35.0 Å². The van der Waals surface area contributed by atoms with Gasteiger partial charge < -0.3 is 15.2 Å². The van der Waals surface area contributed by atoms with E-state index in [1.165, 1.54) is 4.90 Å². The maximum Gasteiger partial charge on any atom is 0.325 e. The van der Waals surface area contributed by atoms with Gasteiger partial charge in [0, 0.05) is 24.0 Å². The van der Waals surface area contributed by atoms with Crippen LogP contribution in [0.2, 0.25) is 0 Å². The first-order chi connectivity index (χ1) is 13.6. The van der Waals surface area contributed by atoms with Crippen LogP contribution < -0.4 is 16.6 Å². The Morgan fingerprint density at radius 3 is 2.55 bits per heavy atom. The zero-order chi connectivity index (χ0) is 21.3. The number of benzene rings is 1. The minimum absolute atomic E-state index is 0.223. The van der Waals surface area contributed by atoms with Crippen molar-refractivity contribution in [2.24, 2.45) is 5.84 Å². The third-order valence-electron chi connectivity index (χ3n) is 5.21. The molecule has 156 valence electrons. The SMILES string of the molecule is CN(C)CCc1c(C(=O)NN)[nH]c2ccc(CCN3C(=O)NC(C)(C)C3=O)cc12. The van der Waals surface area contributed by atoms with E-state index in [0.717, 1.165) is 28.6 Å². The number of carbonyl (C=O) groups is 3. The van der Waals surface area contributed by atoms with Gasteiger partial charge in [-0.15, -0.1) is 0 Å². The normalized spacial score (nSPS) is 16.0. The molecule has 29 heavy (non-hydrogen) atoms. The molecule has 0 spiro atoms. The molecule has 1 aromatic heterocycles. The van der Waals surface area contributed by atoms with Gasteiger partial charge in [0.2, 0.25) is 0 Å². The van der Waals surface area contributed by atoms with E-state index in [9.17, 15) is 14.4 Å². The molecule has 0 saturated carbocycles. The molecular formula is C20H28N6O3. The van der Waals surface area contributed by atoms with Crippen LogP contribution in [0.25, 0.3) is 10.9 Å². The molecule has 0 atom stereocenters. The van der Waals surface area contributed by atoms with E-state index >= 15 is 0 Å². The van der Waals surface area contributed by atoms with Crippen molar-refractivity contribution < 1.29 is 14.4 Å². The van der Waals surface area contributed by atoms with Crippen LogP contribution >= 0.6 is 0 Å². The Bertz CT molecular complexity index is 963. The van der Waals surface area contributed by atoms with Crippen LogP contribution in [0.5, 0.6) is 0 Å². The highest BCUT2D eigenvalue weighted by molar-refractivity contribution is 6.06. The maximum absolute atomic E-state index is 12.4. The lowest BCUT2D eigenvalue weighted by Gasteiger charge is -2.16. The van der Waals surface area contributed by atoms with E-state index in [1.807, 2.05) is 37.2 Å². The number of hydrazine groups is 1. The van der Waals surface area contributed by atoms with Crippen LogP contribution in [-0.4, -0.2) is 65.4 Å². The van der Waals surface area contributed by atoms with Gasteiger partial charge in [0.1, 0.15) is 11.2 Å². The van der Waals surface area contributed by atoms with Crippen LogP contribution in [0.4, 0.5) is 4.79 Å². The fourth-order valence-electron chi connectivity index (χ4n) is 3.57. The number of nitrogens with two attached hydrogens (primary N) is 1. The lowest BCUT2D eigenvalue weighted by molar-refractivity contribution is -0.130. The summed E-state index contributed by atoms with van der Waals surface area (Å²) >= 11 is 0. The second-order valence-electron chi connectivity index (χ2n) is 8.15. The van der Waals surface area contributed by atoms with Gasteiger partial charge >= 0.3 is 6.03 Å². The highest BCUT2D eigenvalue weighted by Crippen LogP contribution is 2.25. The van der Waals surface area contributed by atoms with E-state index in [-0.39, 0.29) is 17.8 Å². The Morgan fingerprint density at radius 2 is 1.97 bits per heavy atom. The van der Waals surface area contributed by atoms with Crippen LogP contribution in [0.1, 0.15) is 35.5 Å². The molecule has 0 radical (unpaired) electrons. The number of hydrogen-bond acceptors (Lipinski definition) is 5. The quantitative estimate of drug-likeness (QED) is 0.236. The van der Waals surface area contributed by atoms with Crippen molar-refractivity contribution in [1.82, 2.24) is 25.5 Å². The summed E-state index contributed by atoms with van der Waals surface area (Å²) in [4.78, 5) is 43.1. The first kappa shape index (κ1) is 20.8. The van der Waals surface area contributed by atoms with Gasteiger partial charge in [0.15, 0.2) is 0 Å². The molecule has 1 fully saturated rings. The molecule has 1 aromatic carbocycles. The number of urea groups is 1. The Morgan fingerprint density at radius 1 is 1.24 bits per heavy atom. The van der Waals surface area contributed by atoms with Gasteiger partial charge in [-0.2, -0.15) is 0 Å². The van der Waals surface area contributed by atoms with Crippen molar-refractivity contribution in [3.8, 4) is 0 Å². The lowest BCUT2D eigenvalue weighted by Crippen LogP contribution is -2.40. The molecule has 3 rings (SSSR count). The molecule has 2 aromatic rings. The monoisotopic (exact) mass is 400 g/mol. The molecule has 9 heteroatoms. The average molecular weight is 400 g/mol. The molecule has 1 aliphatic heterocycles. The van der Waals surface area contributed by atoms with Gasteiger partial charge in [-0.1, -0.05) is 6.07 Å². The predicted octanol–water partition coefficient (Wildman–Crippen LogP) is 0.748. The number of carbonyl (C=O) groups excluding carboxylic acids is 3. The Hall–Kier alpha value is -2.91. The number of aromatic nitrogens is 1. The number of hydrogen-bond donors (Lipinski definition) is 4. The number of likely N-dealkylation sites (N-methyl/N-ethyl adjacent to an activating group) is 1. The summed E-state index contributed by atoms with van der Waals surface area (Å²) in [5.41, 5.74) is 4.50. The van der Waals surface area contributed by atoms with Gasteiger partial charge in [0.05, 0.1) is 0 Å². The van der Waals surface area contributed by atoms with Crippen molar-refractivity contribution >= 4 is 28.7 Å². The Kier molecular flexibility index (Phi) is 5.63. The maximum atomic E-state index is 12.4. The minimum atomic E-state index is -0.870. The van der Waals surface area contributed by atoms with Gasteiger partial charge in [-0.25, -0.2) is 10.6 Å². The molecule has 2 heterocycles. The number of rotatable bonds is 7. The molecular weight excluding hydrogens is 372 g/mol. The van der Waals surface area contributed by atoms with Crippen LogP contribution in [0.15, 0.2) is 18.2 Å². The minimum Gasteiger partial charge on any atom is -0.350 e. The topological polar surface area (TPSA) is 124 Å². The Labute approximate surface area is 169 Å². The zero-order valence-corrected chi connectivity index (χ0v) is 17.3. The van der Waals surface area contributed by atoms with Crippen LogP contribution in [0.3, 0.4) is 0 Å². The fraction of sp³-hybridized carbons (Fsp3) is 0.450. The van der Waals surface area contributed by atoms with E-state index in [0.29, 0.717) is 25.1 Å². The predicted molar refractivity (Wildman–Crippen MR) is 110 cm³/mol. The molecule has 9 nitrogen and oxygen atoms in total. The number of nitrogen functional groups attached to an aromatic ring is 1. The molecule has 0 unspecified atom stereocenters. The molecule has 4 amide bonds. The molecule has 1 aliphatic rings. The number of H-pyrrole nitrogens is 1. The highest BCUT2D eigenvalue weighted by atomic mass is 16.2. The van der Waals surface area contributed by atoms with E-state index < -0.39 is 5.54 Å². The van der Waals surface area contributed by atoms with Crippen molar-refractivity contribution in [2.75, 3.05) is 27.2 Å². The van der Waals surface area contributed by atoms with Crippen molar-refractivity contribution in [3.63, 3.8) is 0 Å². The van der Waals surface area contributed by atoms with E-state index in [4.69, 9.17) is 5.84 Å². The molecule has 1 saturated heterocycles. The van der Waals surface area contributed by atoms with Gasteiger partial charge in [0.25, 0.3) is 11.8 Å². The highest BCUT2D eigenvalue weighted by Gasteiger charge is 2.43. The largest absolute Gasteiger partial charge is 0.350 e. The van der Waals surface area contributed by atoms with Gasteiger partial charge in [-0.3, -0.25) is 19.9 Å². The number of fused-ring (bicyclic) bond motifs is 1. The van der Waals surface area contributed by atoms with Gasteiger partial charge in [-0.05, 0) is 64.0 Å². The van der Waals surface area contributed by atoms with Crippen molar-refractivity contribution in [1.29, 1.82) is 0 Å². The van der Waals surface area contributed by atoms with E-state index in [2.05, 4.69) is 15.7 Å². The molecule has 0 bridgehead atoms. The fourth-order valence-corrected chi connectivity index (χ4v) is 3.57.